The van der Waals surface area contributed by atoms with Gasteiger partial charge in [0.05, 0.1) is 6.54 Å². The van der Waals surface area contributed by atoms with Crippen LogP contribution < -0.4 is 0 Å². The Morgan fingerprint density at radius 2 is 1.89 bits per heavy atom. The first kappa shape index (κ1) is 16.3. The lowest BCUT2D eigenvalue weighted by Crippen LogP contribution is -2.27. The molecule has 106 valence electrons. The number of hydrogen-bond donors (Lipinski definition) is 0. The van der Waals surface area contributed by atoms with Gasteiger partial charge < -0.3 is 0 Å². The van der Waals surface area contributed by atoms with E-state index in [4.69, 9.17) is 0 Å². The number of thioether (sulfide) groups is 1. The maximum atomic E-state index is 12.1. The Labute approximate surface area is 121 Å². The molecule has 0 spiro atoms. The van der Waals surface area contributed by atoms with Crippen LogP contribution in [-0.2, 0) is 0 Å². The van der Waals surface area contributed by atoms with E-state index in [1.54, 1.807) is 0 Å². The summed E-state index contributed by atoms with van der Waals surface area (Å²) in [7, 11) is 2.01. The molecule has 19 heavy (non-hydrogen) atoms. The van der Waals surface area contributed by atoms with Gasteiger partial charge in [0.1, 0.15) is 0 Å². The Bertz CT molecular complexity index is 386. The van der Waals surface area contributed by atoms with Crippen LogP contribution >= 0.6 is 11.8 Å². The molecule has 0 aliphatic carbocycles. The topological polar surface area (TPSA) is 20.3 Å². The van der Waals surface area contributed by atoms with Gasteiger partial charge in [-0.1, -0.05) is 38.1 Å². The quantitative estimate of drug-likeness (QED) is 0.535. The molecule has 1 aromatic rings. The van der Waals surface area contributed by atoms with E-state index in [9.17, 15) is 4.79 Å². The van der Waals surface area contributed by atoms with Crippen LogP contribution in [0, 0.1) is 0 Å². The van der Waals surface area contributed by atoms with Crippen molar-refractivity contribution in [2.75, 3.05) is 32.1 Å². The minimum Gasteiger partial charge on any atom is -0.299 e. The van der Waals surface area contributed by atoms with E-state index >= 15 is 0 Å². The van der Waals surface area contributed by atoms with Gasteiger partial charge in [0.2, 0.25) is 0 Å². The molecule has 1 rings (SSSR count). The van der Waals surface area contributed by atoms with Gasteiger partial charge in [-0.25, -0.2) is 0 Å². The molecule has 0 unspecified atom stereocenters. The molecule has 0 saturated heterocycles. The van der Waals surface area contributed by atoms with E-state index in [0.29, 0.717) is 12.5 Å². The molecule has 0 atom stereocenters. The van der Waals surface area contributed by atoms with E-state index in [1.165, 1.54) is 5.56 Å². The lowest BCUT2D eigenvalue weighted by atomic mass is 10.0. The van der Waals surface area contributed by atoms with Gasteiger partial charge in [0, 0.05) is 5.56 Å². The molecule has 0 amide bonds. The van der Waals surface area contributed by atoms with Gasteiger partial charge >= 0.3 is 0 Å². The van der Waals surface area contributed by atoms with Crippen LogP contribution in [0.15, 0.2) is 24.3 Å². The third-order valence-electron chi connectivity index (χ3n) is 3.20. The first-order valence-corrected chi connectivity index (χ1v) is 8.24. The number of nitrogens with zero attached hydrogens (tertiary/aromatic N) is 1. The highest BCUT2D eigenvalue weighted by Gasteiger charge is 2.09. The number of carbonyl (C=O) groups is 1. The number of rotatable bonds is 8. The van der Waals surface area contributed by atoms with Gasteiger partial charge in [-0.3, -0.25) is 9.69 Å². The van der Waals surface area contributed by atoms with Crippen molar-refractivity contribution in [1.82, 2.24) is 4.90 Å². The molecule has 0 aliphatic heterocycles. The number of likely N-dealkylation sites (N-methyl/N-ethyl adjacent to an activating group) is 1. The van der Waals surface area contributed by atoms with E-state index < -0.39 is 0 Å². The largest absolute Gasteiger partial charge is 0.299 e. The molecule has 0 saturated carbocycles. The number of hydrogen-bond acceptors (Lipinski definition) is 3. The third kappa shape index (κ3) is 5.79. The normalized spacial score (nSPS) is 11.3. The molecule has 0 heterocycles. The van der Waals surface area contributed by atoms with Gasteiger partial charge in [0.25, 0.3) is 0 Å². The summed E-state index contributed by atoms with van der Waals surface area (Å²) in [6, 6.07) is 8.03. The highest BCUT2D eigenvalue weighted by molar-refractivity contribution is 7.98. The van der Waals surface area contributed by atoms with Gasteiger partial charge in [-0.2, -0.15) is 11.8 Å². The van der Waals surface area contributed by atoms with Crippen molar-refractivity contribution in [3.63, 3.8) is 0 Å². The summed E-state index contributed by atoms with van der Waals surface area (Å²) >= 11 is 1.85. The summed E-state index contributed by atoms with van der Waals surface area (Å²) in [6.07, 6.45) is 3.25. The Hall–Kier alpha value is -0.800. The second-order valence-electron chi connectivity index (χ2n) is 5.28. The van der Waals surface area contributed by atoms with Crippen LogP contribution in [0.5, 0.6) is 0 Å². The van der Waals surface area contributed by atoms with E-state index in [1.807, 2.05) is 30.9 Å². The Morgan fingerprint density at radius 3 is 2.42 bits per heavy atom. The zero-order chi connectivity index (χ0) is 14.3. The second-order valence-corrected chi connectivity index (χ2v) is 6.27. The Morgan fingerprint density at radius 1 is 1.26 bits per heavy atom. The standard InChI is InChI=1S/C16H25NOS/c1-13(2)14-6-8-15(9-7-14)16(18)12-17(3)10-5-11-19-4/h6-9,13H,5,10-12H2,1-4H3. The fourth-order valence-electron chi connectivity index (χ4n) is 1.95. The molecule has 0 radical (unpaired) electrons. The minimum absolute atomic E-state index is 0.210. The monoisotopic (exact) mass is 279 g/mol. The molecule has 0 aliphatic rings. The summed E-state index contributed by atoms with van der Waals surface area (Å²) in [4.78, 5) is 14.2. The lowest BCUT2D eigenvalue weighted by Gasteiger charge is -2.15. The molecular weight excluding hydrogens is 254 g/mol. The molecule has 1 aromatic carbocycles. The lowest BCUT2D eigenvalue weighted by molar-refractivity contribution is 0.0946. The third-order valence-corrected chi connectivity index (χ3v) is 3.90. The smallest absolute Gasteiger partial charge is 0.176 e. The van der Waals surface area contributed by atoms with Crippen molar-refractivity contribution >= 4 is 17.5 Å². The average Bonchev–Trinajstić information content (AvgIpc) is 2.39. The summed E-state index contributed by atoms with van der Waals surface area (Å²) in [5.41, 5.74) is 2.10. The summed E-state index contributed by atoms with van der Waals surface area (Å²) < 4.78 is 0. The molecule has 0 N–H and O–H groups in total. The van der Waals surface area contributed by atoms with Crippen molar-refractivity contribution < 1.29 is 4.79 Å². The average molecular weight is 279 g/mol. The van der Waals surface area contributed by atoms with Crippen LogP contribution in [0.3, 0.4) is 0 Å². The van der Waals surface area contributed by atoms with Crippen molar-refractivity contribution in [3.8, 4) is 0 Å². The number of ketones is 1. The highest BCUT2D eigenvalue weighted by atomic mass is 32.2. The molecule has 0 aromatic heterocycles. The number of benzene rings is 1. The van der Waals surface area contributed by atoms with E-state index in [0.717, 1.165) is 24.3 Å². The van der Waals surface area contributed by atoms with Crippen molar-refractivity contribution in [3.05, 3.63) is 35.4 Å². The highest BCUT2D eigenvalue weighted by Crippen LogP contribution is 2.15. The zero-order valence-corrected chi connectivity index (χ0v) is 13.3. The van der Waals surface area contributed by atoms with Gasteiger partial charge in [-0.05, 0) is 43.5 Å². The summed E-state index contributed by atoms with van der Waals surface area (Å²) in [5, 5.41) is 0. The summed E-state index contributed by atoms with van der Waals surface area (Å²) in [5.74, 6) is 1.88. The number of carbonyl (C=O) groups excluding carboxylic acids is 1. The molecule has 2 nitrogen and oxygen atoms in total. The first-order valence-electron chi connectivity index (χ1n) is 6.85. The maximum Gasteiger partial charge on any atom is 0.176 e. The minimum atomic E-state index is 0.210. The maximum absolute atomic E-state index is 12.1. The van der Waals surface area contributed by atoms with Gasteiger partial charge in [0.15, 0.2) is 5.78 Å². The fraction of sp³-hybridized carbons (Fsp3) is 0.562. The number of Topliss-reactive ketones (excluding diaryl/α,β-unsaturated/α-hetero) is 1. The van der Waals surface area contributed by atoms with Crippen LogP contribution in [-0.4, -0.2) is 42.8 Å². The summed E-state index contributed by atoms with van der Waals surface area (Å²) in [6.45, 7) is 5.82. The fourth-order valence-corrected chi connectivity index (χ4v) is 2.37. The molecule has 0 bridgehead atoms. The Balaban J connectivity index is 2.48. The van der Waals surface area contributed by atoms with Gasteiger partial charge in [-0.15, -0.1) is 0 Å². The Kier molecular flexibility index (Phi) is 7.17. The van der Waals surface area contributed by atoms with Crippen molar-refractivity contribution in [2.24, 2.45) is 0 Å². The second kappa shape index (κ2) is 8.39. The predicted molar refractivity (Wildman–Crippen MR) is 85.4 cm³/mol. The van der Waals surface area contributed by atoms with E-state index in [-0.39, 0.29) is 5.78 Å². The van der Waals surface area contributed by atoms with E-state index in [2.05, 4.69) is 37.1 Å². The SMILES string of the molecule is CSCCCN(C)CC(=O)c1ccc(C(C)C)cc1. The van der Waals surface area contributed by atoms with Crippen LogP contribution in [0.1, 0.15) is 42.1 Å². The molecule has 3 heteroatoms. The van der Waals surface area contributed by atoms with Crippen LogP contribution in [0.2, 0.25) is 0 Å². The molecule has 0 fully saturated rings. The first-order chi connectivity index (χ1) is 9.04. The van der Waals surface area contributed by atoms with Crippen molar-refractivity contribution in [2.45, 2.75) is 26.2 Å². The predicted octanol–water partition coefficient (Wildman–Crippen LogP) is 3.68. The molecular formula is C16H25NOS. The zero-order valence-electron chi connectivity index (χ0n) is 12.5. The van der Waals surface area contributed by atoms with Crippen molar-refractivity contribution in [1.29, 1.82) is 0 Å². The van der Waals surface area contributed by atoms with Crippen LogP contribution in [0.25, 0.3) is 0 Å². The van der Waals surface area contributed by atoms with Crippen LogP contribution in [0.4, 0.5) is 0 Å².